The van der Waals surface area contributed by atoms with Gasteiger partial charge in [0.25, 0.3) is 0 Å². The molecule has 0 amide bonds. The third-order valence-electron chi connectivity index (χ3n) is 3.40. The number of ether oxygens (including phenoxy) is 2. The molecule has 17 heavy (non-hydrogen) atoms. The fourth-order valence-electron chi connectivity index (χ4n) is 2.32. The van der Waals surface area contributed by atoms with Gasteiger partial charge >= 0.3 is 5.97 Å². The van der Waals surface area contributed by atoms with Crippen LogP contribution in [0.15, 0.2) is 24.3 Å². The topological polar surface area (TPSA) is 55.8 Å². The lowest BCUT2D eigenvalue weighted by Crippen LogP contribution is -2.19. The zero-order valence-electron chi connectivity index (χ0n) is 9.97. The number of phenolic OH excluding ortho intramolecular Hbond substituents is 1. The quantitative estimate of drug-likeness (QED) is 0.807. The van der Waals surface area contributed by atoms with E-state index in [4.69, 9.17) is 9.47 Å². The van der Waals surface area contributed by atoms with Crippen molar-refractivity contribution in [3.8, 4) is 5.75 Å². The van der Waals surface area contributed by atoms with Crippen molar-refractivity contribution in [2.75, 3.05) is 14.2 Å². The Morgan fingerprint density at radius 3 is 2.82 bits per heavy atom. The smallest absolute Gasteiger partial charge is 0.306 e. The van der Waals surface area contributed by atoms with Gasteiger partial charge in [-0.25, -0.2) is 0 Å². The predicted octanol–water partition coefficient (Wildman–Crippen LogP) is 1.61. The fourth-order valence-corrected chi connectivity index (χ4v) is 2.32. The number of benzene rings is 1. The molecule has 2 atom stereocenters. The average Bonchev–Trinajstić information content (AvgIpc) is 3.04. The summed E-state index contributed by atoms with van der Waals surface area (Å²) in [5.74, 6) is -0.0543. The Morgan fingerprint density at radius 1 is 1.53 bits per heavy atom. The van der Waals surface area contributed by atoms with Crippen molar-refractivity contribution >= 4 is 5.97 Å². The van der Waals surface area contributed by atoms with Crippen molar-refractivity contribution in [3.63, 3.8) is 0 Å². The molecule has 92 valence electrons. The first kappa shape index (κ1) is 11.9. The minimum absolute atomic E-state index is 0.0170. The summed E-state index contributed by atoms with van der Waals surface area (Å²) in [4.78, 5) is 11.4. The molecule has 0 aromatic heterocycles. The number of hydrogen-bond donors (Lipinski definition) is 1. The van der Waals surface area contributed by atoms with Gasteiger partial charge in [-0.2, -0.15) is 0 Å². The molecule has 0 saturated heterocycles. The molecular formula is C13H16O4. The molecule has 2 rings (SSSR count). The molecule has 4 nitrogen and oxygen atoms in total. The first-order chi connectivity index (χ1) is 8.12. The Labute approximate surface area is 100 Å². The van der Waals surface area contributed by atoms with Gasteiger partial charge in [-0.1, -0.05) is 12.1 Å². The second kappa shape index (κ2) is 4.37. The molecule has 1 aromatic carbocycles. The van der Waals surface area contributed by atoms with E-state index in [1.807, 2.05) is 6.07 Å². The van der Waals surface area contributed by atoms with E-state index in [9.17, 15) is 9.90 Å². The summed E-state index contributed by atoms with van der Waals surface area (Å²) < 4.78 is 10.0. The van der Waals surface area contributed by atoms with E-state index in [0.717, 1.165) is 12.0 Å². The van der Waals surface area contributed by atoms with Gasteiger partial charge in [0.2, 0.25) is 0 Å². The largest absolute Gasteiger partial charge is 0.508 e. The Kier molecular flexibility index (Phi) is 3.07. The molecule has 1 aliphatic rings. The summed E-state index contributed by atoms with van der Waals surface area (Å²) in [5.41, 5.74) is 0.593. The summed E-state index contributed by atoms with van der Waals surface area (Å²) in [7, 11) is 3.01. The van der Waals surface area contributed by atoms with Crippen LogP contribution in [0.4, 0.5) is 0 Å². The lowest BCUT2D eigenvalue weighted by molar-refractivity contribution is -0.141. The molecule has 1 N–H and O–H groups in total. The lowest BCUT2D eigenvalue weighted by atomic mass is 9.91. The molecule has 0 heterocycles. The number of hydrogen-bond acceptors (Lipinski definition) is 4. The van der Waals surface area contributed by atoms with Crippen LogP contribution in [0, 0.1) is 0 Å². The van der Waals surface area contributed by atoms with Crippen molar-refractivity contribution < 1.29 is 19.4 Å². The minimum Gasteiger partial charge on any atom is -0.508 e. The molecule has 1 fully saturated rings. The maximum atomic E-state index is 11.4. The fraction of sp³-hybridized carbons (Fsp3) is 0.462. The molecule has 0 spiro atoms. The van der Waals surface area contributed by atoms with Crippen molar-refractivity contribution in [1.82, 2.24) is 0 Å². The van der Waals surface area contributed by atoms with Gasteiger partial charge in [0.15, 0.2) is 0 Å². The molecular weight excluding hydrogens is 220 g/mol. The van der Waals surface area contributed by atoms with Crippen LogP contribution in [0.2, 0.25) is 0 Å². The van der Waals surface area contributed by atoms with Crippen LogP contribution in [0.5, 0.6) is 5.75 Å². The zero-order valence-corrected chi connectivity index (χ0v) is 9.97. The summed E-state index contributed by atoms with van der Waals surface area (Å²) in [6.45, 7) is 0. The maximum Gasteiger partial charge on any atom is 0.306 e. The van der Waals surface area contributed by atoms with Crippen molar-refractivity contribution in [2.24, 2.45) is 0 Å². The van der Waals surface area contributed by atoms with Gasteiger partial charge in [0.1, 0.15) is 5.75 Å². The Morgan fingerprint density at radius 2 is 2.29 bits per heavy atom. The van der Waals surface area contributed by atoms with Gasteiger partial charge in [-0.3, -0.25) is 4.79 Å². The Hall–Kier alpha value is -1.55. The van der Waals surface area contributed by atoms with Crippen LogP contribution in [-0.4, -0.2) is 31.4 Å². The van der Waals surface area contributed by atoms with Crippen molar-refractivity contribution in [1.29, 1.82) is 0 Å². The maximum absolute atomic E-state index is 11.4. The number of aromatic hydroxyl groups is 1. The van der Waals surface area contributed by atoms with E-state index in [1.165, 1.54) is 7.11 Å². The average molecular weight is 236 g/mol. The molecule has 1 aliphatic carbocycles. The summed E-state index contributed by atoms with van der Waals surface area (Å²) in [6.07, 6.45) is 1.08. The summed E-state index contributed by atoms with van der Waals surface area (Å²) >= 11 is 0. The van der Waals surface area contributed by atoms with E-state index in [0.29, 0.717) is 0 Å². The second-order valence-electron chi connectivity index (χ2n) is 4.39. The van der Waals surface area contributed by atoms with Gasteiger partial charge in [-0.05, 0) is 24.1 Å². The number of phenols is 1. The van der Waals surface area contributed by atoms with Crippen LogP contribution in [0.1, 0.15) is 18.4 Å². The first-order valence-electron chi connectivity index (χ1n) is 5.51. The third-order valence-corrected chi connectivity index (χ3v) is 3.40. The number of esters is 1. The van der Waals surface area contributed by atoms with Gasteiger partial charge in [-0.15, -0.1) is 0 Å². The van der Waals surface area contributed by atoms with Gasteiger partial charge in [0.05, 0.1) is 19.6 Å². The number of rotatable bonds is 4. The molecule has 1 aromatic rings. The van der Waals surface area contributed by atoms with Crippen molar-refractivity contribution in [3.05, 3.63) is 29.8 Å². The standard InChI is InChI=1S/C13H16O4/c1-16-11-7-13(11,8-12(15)17-2)9-4-3-5-10(14)6-9/h3-6,11,14H,7-8H2,1-2H3/t11?,13-/m1/s1. The number of carbonyl (C=O) groups excluding carboxylic acids is 1. The lowest BCUT2D eigenvalue weighted by Gasteiger charge is -2.16. The van der Waals surface area contributed by atoms with Crippen molar-refractivity contribution in [2.45, 2.75) is 24.4 Å². The van der Waals surface area contributed by atoms with E-state index >= 15 is 0 Å². The molecule has 0 radical (unpaired) electrons. The Balaban J connectivity index is 2.27. The number of carbonyl (C=O) groups is 1. The third kappa shape index (κ3) is 2.13. The van der Waals surface area contributed by atoms with Gasteiger partial charge < -0.3 is 14.6 Å². The summed E-state index contributed by atoms with van der Waals surface area (Å²) in [6, 6.07) is 6.97. The second-order valence-corrected chi connectivity index (χ2v) is 4.39. The van der Waals surface area contributed by atoms with E-state index < -0.39 is 0 Å². The SMILES string of the molecule is COC(=O)C[C@@]1(c2cccc(O)c2)CC1OC. The van der Waals surface area contributed by atoms with E-state index in [1.54, 1.807) is 25.3 Å². The summed E-state index contributed by atoms with van der Waals surface area (Å²) in [5, 5.41) is 9.50. The monoisotopic (exact) mass is 236 g/mol. The van der Waals surface area contributed by atoms with Crippen LogP contribution >= 0.6 is 0 Å². The molecule has 1 unspecified atom stereocenters. The Bertz CT molecular complexity index is 429. The van der Waals surface area contributed by atoms with Gasteiger partial charge in [0, 0.05) is 12.5 Å². The van der Waals surface area contributed by atoms with Crippen LogP contribution in [-0.2, 0) is 19.7 Å². The zero-order chi connectivity index (χ0) is 12.5. The highest BCUT2D eigenvalue weighted by Gasteiger charge is 2.57. The molecule has 0 bridgehead atoms. The minimum atomic E-state index is -0.333. The van der Waals surface area contributed by atoms with Crippen LogP contribution < -0.4 is 0 Å². The highest BCUT2D eigenvalue weighted by molar-refractivity contribution is 5.72. The number of methoxy groups -OCH3 is 2. The van der Waals surface area contributed by atoms with E-state index in [2.05, 4.69) is 0 Å². The van der Waals surface area contributed by atoms with E-state index in [-0.39, 0.29) is 29.7 Å². The normalized spacial score (nSPS) is 26.6. The highest BCUT2D eigenvalue weighted by Crippen LogP contribution is 2.53. The van der Waals surface area contributed by atoms with Crippen LogP contribution in [0.3, 0.4) is 0 Å². The molecule has 4 heteroatoms. The molecule has 0 aliphatic heterocycles. The highest BCUT2D eigenvalue weighted by atomic mass is 16.5. The molecule has 1 saturated carbocycles. The predicted molar refractivity (Wildman–Crippen MR) is 61.8 cm³/mol. The van der Waals surface area contributed by atoms with Crippen LogP contribution in [0.25, 0.3) is 0 Å². The first-order valence-corrected chi connectivity index (χ1v) is 5.51.